The van der Waals surface area contributed by atoms with E-state index >= 15 is 0 Å². The van der Waals surface area contributed by atoms with Crippen LogP contribution in [0.3, 0.4) is 0 Å². The first-order valence-corrected chi connectivity index (χ1v) is 13.5. The van der Waals surface area contributed by atoms with E-state index in [1.54, 1.807) is 12.5 Å². The van der Waals surface area contributed by atoms with E-state index < -0.39 is 0 Å². The number of carbonyl (C=O) groups excluding carboxylic acids is 1. The average molecular weight is 429 g/mol. The first kappa shape index (κ1) is 23.4. The molecular formula is C29H48O2. The molecule has 2 nitrogen and oxygen atoms in total. The van der Waals surface area contributed by atoms with Gasteiger partial charge in [0.05, 0.1) is 0 Å². The third-order valence-electron chi connectivity index (χ3n) is 10.6. The number of hydrogen-bond acceptors (Lipinski definition) is 2. The molecule has 0 bridgehead atoms. The normalized spacial score (nSPS) is 42.9. The Kier molecular flexibility index (Phi) is 6.68. The third kappa shape index (κ3) is 4.26. The highest BCUT2D eigenvalue weighted by atomic mass is 16.5. The standard InChI is InChI=1S/C29H48O2/c1-19(2)8-7-9-20(3)25-12-13-26-24-11-10-22-18-23(31-21(4)30)14-16-28(22,5)27(24)15-17-29(25,26)6/h10,19-20,23-27H,7-9,11-18H2,1-6H3/t20?,23?,24?,25?,26?,27?,28?,29-/m1/s1. The fraction of sp³-hybridized carbons (Fsp3) is 0.897. The number of rotatable bonds is 6. The molecule has 0 spiro atoms. The summed E-state index contributed by atoms with van der Waals surface area (Å²) in [5.74, 6) is 5.19. The maximum absolute atomic E-state index is 11.5. The van der Waals surface area contributed by atoms with Gasteiger partial charge in [-0.1, -0.05) is 65.5 Å². The lowest BCUT2D eigenvalue weighted by atomic mass is 9.47. The molecule has 0 radical (unpaired) electrons. The summed E-state index contributed by atoms with van der Waals surface area (Å²) >= 11 is 0. The van der Waals surface area contributed by atoms with E-state index in [0.717, 1.165) is 48.3 Å². The van der Waals surface area contributed by atoms with Crippen LogP contribution >= 0.6 is 0 Å². The Morgan fingerprint density at radius 3 is 2.55 bits per heavy atom. The Balaban J connectivity index is 1.47. The average Bonchev–Trinajstić information content (AvgIpc) is 3.05. The van der Waals surface area contributed by atoms with E-state index in [1.165, 1.54) is 57.8 Å². The first-order chi connectivity index (χ1) is 14.6. The lowest BCUT2D eigenvalue weighted by Gasteiger charge is -2.58. The molecule has 3 saturated carbocycles. The van der Waals surface area contributed by atoms with Gasteiger partial charge in [-0.15, -0.1) is 0 Å². The highest BCUT2D eigenvalue weighted by Crippen LogP contribution is 2.67. The van der Waals surface area contributed by atoms with Gasteiger partial charge in [-0.05, 0) is 91.3 Å². The van der Waals surface area contributed by atoms with Crippen molar-refractivity contribution in [3.8, 4) is 0 Å². The molecule has 0 aliphatic heterocycles. The molecule has 7 unspecified atom stereocenters. The van der Waals surface area contributed by atoms with Crippen LogP contribution in [-0.2, 0) is 9.53 Å². The summed E-state index contributed by atoms with van der Waals surface area (Å²) in [5.41, 5.74) is 2.53. The van der Waals surface area contributed by atoms with E-state index in [9.17, 15) is 4.79 Å². The van der Waals surface area contributed by atoms with Crippen LogP contribution in [0, 0.1) is 46.3 Å². The molecule has 0 aromatic rings. The molecule has 4 aliphatic rings. The van der Waals surface area contributed by atoms with Crippen LogP contribution in [0.5, 0.6) is 0 Å². The van der Waals surface area contributed by atoms with Crippen molar-refractivity contribution in [2.24, 2.45) is 46.3 Å². The maximum Gasteiger partial charge on any atom is 0.302 e. The van der Waals surface area contributed by atoms with Crippen LogP contribution < -0.4 is 0 Å². The van der Waals surface area contributed by atoms with Gasteiger partial charge in [-0.25, -0.2) is 0 Å². The summed E-state index contributed by atoms with van der Waals surface area (Å²) in [5, 5.41) is 0. The van der Waals surface area contributed by atoms with Gasteiger partial charge in [0.25, 0.3) is 0 Å². The molecule has 176 valence electrons. The predicted molar refractivity (Wildman–Crippen MR) is 129 cm³/mol. The van der Waals surface area contributed by atoms with E-state index in [2.05, 4.69) is 40.7 Å². The van der Waals surface area contributed by atoms with Crippen LogP contribution in [-0.4, -0.2) is 12.1 Å². The van der Waals surface area contributed by atoms with Crippen molar-refractivity contribution >= 4 is 5.97 Å². The van der Waals surface area contributed by atoms with Crippen molar-refractivity contribution < 1.29 is 9.53 Å². The predicted octanol–water partition coefficient (Wildman–Crippen LogP) is 7.96. The van der Waals surface area contributed by atoms with Gasteiger partial charge in [0.15, 0.2) is 0 Å². The van der Waals surface area contributed by atoms with Gasteiger partial charge < -0.3 is 4.74 Å². The molecule has 0 aromatic heterocycles. The number of allylic oxidation sites excluding steroid dienone is 1. The minimum atomic E-state index is -0.115. The first-order valence-electron chi connectivity index (χ1n) is 13.5. The Hall–Kier alpha value is -0.790. The zero-order valence-corrected chi connectivity index (χ0v) is 21.2. The monoisotopic (exact) mass is 428 g/mol. The Morgan fingerprint density at radius 1 is 1.06 bits per heavy atom. The maximum atomic E-state index is 11.5. The van der Waals surface area contributed by atoms with Gasteiger partial charge in [0.1, 0.15) is 6.10 Å². The zero-order valence-electron chi connectivity index (χ0n) is 21.2. The van der Waals surface area contributed by atoms with Crippen LogP contribution in [0.1, 0.15) is 112 Å². The molecule has 3 fully saturated rings. The topological polar surface area (TPSA) is 26.3 Å². The number of esters is 1. The number of fused-ring (bicyclic) bond motifs is 5. The highest BCUT2D eigenvalue weighted by Gasteiger charge is 2.59. The van der Waals surface area contributed by atoms with E-state index in [1.807, 2.05) is 0 Å². The van der Waals surface area contributed by atoms with Crippen molar-refractivity contribution in [1.29, 1.82) is 0 Å². The van der Waals surface area contributed by atoms with E-state index in [-0.39, 0.29) is 12.1 Å². The summed E-state index contributed by atoms with van der Waals surface area (Å²) in [6.07, 6.45) is 17.2. The summed E-state index contributed by atoms with van der Waals surface area (Å²) in [6.45, 7) is 14.1. The smallest absolute Gasteiger partial charge is 0.302 e. The molecule has 2 heteroatoms. The second-order valence-corrected chi connectivity index (χ2v) is 12.8. The number of hydrogen-bond donors (Lipinski definition) is 0. The van der Waals surface area contributed by atoms with Gasteiger partial charge in [0, 0.05) is 13.3 Å². The van der Waals surface area contributed by atoms with Gasteiger partial charge in [-0.3, -0.25) is 4.79 Å². The molecule has 8 atom stereocenters. The number of ether oxygens (including phenoxy) is 1. The Bertz CT molecular complexity index is 693. The zero-order chi connectivity index (χ0) is 22.4. The molecule has 31 heavy (non-hydrogen) atoms. The molecule has 4 rings (SSSR count). The van der Waals surface area contributed by atoms with Crippen LogP contribution in [0.2, 0.25) is 0 Å². The molecule has 4 aliphatic carbocycles. The van der Waals surface area contributed by atoms with Crippen molar-refractivity contribution in [3.63, 3.8) is 0 Å². The highest BCUT2D eigenvalue weighted by molar-refractivity contribution is 5.66. The summed E-state index contributed by atoms with van der Waals surface area (Å²) in [7, 11) is 0. The van der Waals surface area contributed by atoms with Crippen molar-refractivity contribution in [2.45, 2.75) is 118 Å². The Labute approximate surface area is 192 Å². The molecule has 0 heterocycles. The lowest BCUT2D eigenvalue weighted by Crippen LogP contribution is -2.51. The second-order valence-electron chi connectivity index (χ2n) is 12.8. The minimum Gasteiger partial charge on any atom is -0.462 e. The SMILES string of the molecule is CC(=O)OC1CCC2(C)C(=CCC3C2CC[C@]2(C)C(C(C)CCCC(C)C)CCC32)C1. The van der Waals surface area contributed by atoms with Crippen molar-refractivity contribution in [1.82, 2.24) is 0 Å². The van der Waals surface area contributed by atoms with Crippen LogP contribution in [0.15, 0.2) is 11.6 Å². The van der Waals surface area contributed by atoms with Gasteiger partial charge in [0.2, 0.25) is 0 Å². The fourth-order valence-electron chi connectivity index (χ4n) is 8.99. The third-order valence-corrected chi connectivity index (χ3v) is 10.6. The summed E-state index contributed by atoms with van der Waals surface area (Å²) in [4.78, 5) is 11.5. The van der Waals surface area contributed by atoms with E-state index in [4.69, 9.17) is 4.74 Å². The van der Waals surface area contributed by atoms with Gasteiger partial charge in [-0.2, -0.15) is 0 Å². The molecular weight excluding hydrogens is 380 g/mol. The lowest BCUT2D eigenvalue weighted by molar-refractivity contribution is -0.148. The van der Waals surface area contributed by atoms with E-state index in [0.29, 0.717) is 10.8 Å². The summed E-state index contributed by atoms with van der Waals surface area (Å²) in [6, 6.07) is 0. The minimum absolute atomic E-state index is 0.115. The molecule has 0 aromatic carbocycles. The number of carbonyl (C=O) groups is 1. The largest absolute Gasteiger partial charge is 0.462 e. The quantitative estimate of drug-likeness (QED) is 0.317. The van der Waals surface area contributed by atoms with Crippen LogP contribution in [0.4, 0.5) is 0 Å². The van der Waals surface area contributed by atoms with Crippen molar-refractivity contribution in [2.75, 3.05) is 0 Å². The fourth-order valence-corrected chi connectivity index (χ4v) is 8.99. The summed E-state index contributed by atoms with van der Waals surface area (Å²) < 4.78 is 5.61. The molecule has 0 saturated heterocycles. The van der Waals surface area contributed by atoms with Crippen molar-refractivity contribution in [3.05, 3.63) is 11.6 Å². The Morgan fingerprint density at radius 2 is 1.84 bits per heavy atom. The molecule has 0 N–H and O–H groups in total. The molecule has 0 amide bonds. The van der Waals surface area contributed by atoms with Crippen LogP contribution in [0.25, 0.3) is 0 Å². The second kappa shape index (κ2) is 8.86. The van der Waals surface area contributed by atoms with Gasteiger partial charge >= 0.3 is 5.97 Å².